The van der Waals surface area contributed by atoms with Gasteiger partial charge in [0.2, 0.25) is 5.91 Å². The number of nitrogens with zero attached hydrogens (tertiary/aromatic N) is 2. The minimum Gasteiger partial charge on any atom is -0.342 e. The quantitative estimate of drug-likeness (QED) is 0.436. The molecule has 0 aliphatic heterocycles. The number of rotatable bonds is 6. The van der Waals surface area contributed by atoms with Crippen molar-refractivity contribution in [3.8, 4) is 0 Å². The molecular weight excluding hydrogens is 431 g/mol. The van der Waals surface area contributed by atoms with Gasteiger partial charge in [-0.05, 0) is 43.3 Å². The largest absolute Gasteiger partial charge is 0.342 e. The van der Waals surface area contributed by atoms with E-state index in [1.165, 1.54) is 12.1 Å². The van der Waals surface area contributed by atoms with E-state index in [9.17, 15) is 14.0 Å². The number of hydrogen-bond acceptors (Lipinski definition) is 3. The Morgan fingerprint density at radius 3 is 2.50 bits per heavy atom. The summed E-state index contributed by atoms with van der Waals surface area (Å²) in [6.07, 6.45) is 0. The van der Waals surface area contributed by atoms with Crippen LogP contribution in [0.15, 0.2) is 72.8 Å². The van der Waals surface area contributed by atoms with Crippen LogP contribution in [-0.2, 0) is 11.3 Å². The summed E-state index contributed by atoms with van der Waals surface area (Å²) in [7, 11) is 0. The first-order valence-corrected chi connectivity index (χ1v) is 10.4. The normalized spacial score (nSPS) is 11.8. The number of nitrogens with one attached hydrogen (secondary N) is 2. The molecule has 1 aromatic heterocycles. The number of aromatic nitrogens is 2. The molecule has 0 bridgehead atoms. The standard InChI is InChI=1S/C24H20ClFN4O2/c1-15(27-24(32)16-8-2-3-9-17(16)25)23-29-20-12-6-7-13-21(20)30(23)14-22(31)28-19-11-5-4-10-18(19)26/h2-13,15H,14H2,1H3,(H,27,32)(H,28,31). The van der Waals surface area contributed by atoms with Crippen molar-refractivity contribution in [3.63, 3.8) is 0 Å². The maximum absolute atomic E-state index is 13.9. The molecule has 0 aliphatic rings. The fourth-order valence-corrected chi connectivity index (χ4v) is 3.69. The number of anilines is 1. The molecule has 1 heterocycles. The van der Waals surface area contributed by atoms with Crippen molar-refractivity contribution < 1.29 is 14.0 Å². The molecule has 8 heteroatoms. The van der Waals surface area contributed by atoms with Crippen LogP contribution < -0.4 is 10.6 Å². The van der Waals surface area contributed by atoms with Crippen LogP contribution in [0.2, 0.25) is 5.02 Å². The Kier molecular flexibility index (Phi) is 6.18. The molecule has 0 fully saturated rings. The molecule has 0 aliphatic carbocycles. The lowest BCUT2D eigenvalue weighted by Crippen LogP contribution is -2.30. The molecule has 2 amide bonds. The number of fused-ring (bicyclic) bond motifs is 1. The van der Waals surface area contributed by atoms with Gasteiger partial charge < -0.3 is 15.2 Å². The summed E-state index contributed by atoms with van der Waals surface area (Å²) in [6, 6.07) is 19.5. The average Bonchev–Trinajstić information content (AvgIpc) is 3.14. The lowest BCUT2D eigenvalue weighted by molar-refractivity contribution is -0.116. The monoisotopic (exact) mass is 450 g/mol. The zero-order valence-electron chi connectivity index (χ0n) is 17.2. The first-order chi connectivity index (χ1) is 15.4. The predicted molar refractivity (Wildman–Crippen MR) is 122 cm³/mol. The maximum Gasteiger partial charge on any atom is 0.253 e. The zero-order valence-corrected chi connectivity index (χ0v) is 17.9. The molecule has 0 saturated heterocycles. The van der Waals surface area contributed by atoms with Crippen LogP contribution in [0.4, 0.5) is 10.1 Å². The van der Waals surface area contributed by atoms with Crippen LogP contribution in [0.5, 0.6) is 0 Å². The highest BCUT2D eigenvalue weighted by Crippen LogP contribution is 2.23. The zero-order chi connectivity index (χ0) is 22.7. The third-order valence-corrected chi connectivity index (χ3v) is 5.32. The van der Waals surface area contributed by atoms with Crippen molar-refractivity contribution in [3.05, 3.63) is 95.0 Å². The highest BCUT2D eigenvalue weighted by atomic mass is 35.5. The molecule has 4 aromatic rings. The van der Waals surface area contributed by atoms with Gasteiger partial charge in [-0.3, -0.25) is 9.59 Å². The van der Waals surface area contributed by atoms with Crippen LogP contribution in [0.3, 0.4) is 0 Å². The first-order valence-electron chi connectivity index (χ1n) is 9.99. The molecule has 1 unspecified atom stereocenters. The number of benzene rings is 3. The summed E-state index contributed by atoms with van der Waals surface area (Å²) < 4.78 is 15.6. The second kappa shape index (κ2) is 9.20. The number of hydrogen-bond donors (Lipinski definition) is 2. The third kappa shape index (κ3) is 4.48. The van der Waals surface area contributed by atoms with E-state index >= 15 is 0 Å². The van der Waals surface area contributed by atoms with Crippen LogP contribution in [-0.4, -0.2) is 21.4 Å². The van der Waals surface area contributed by atoms with E-state index in [2.05, 4.69) is 15.6 Å². The predicted octanol–water partition coefficient (Wildman–Crippen LogP) is 4.96. The Balaban J connectivity index is 1.61. The smallest absolute Gasteiger partial charge is 0.253 e. The van der Waals surface area contributed by atoms with Gasteiger partial charge in [0.05, 0.1) is 33.3 Å². The van der Waals surface area contributed by atoms with Crippen molar-refractivity contribution in [1.82, 2.24) is 14.9 Å². The number of amides is 2. The fourth-order valence-electron chi connectivity index (χ4n) is 3.47. The van der Waals surface area contributed by atoms with Gasteiger partial charge >= 0.3 is 0 Å². The highest BCUT2D eigenvalue weighted by molar-refractivity contribution is 6.33. The Morgan fingerprint density at radius 1 is 1.03 bits per heavy atom. The minimum atomic E-state index is -0.521. The molecule has 2 N–H and O–H groups in total. The third-order valence-electron chi connectivity index (χ3n) is 4.99. The molecule has 6 nitrogen and oxygen atoms in total. The van der Waals surface area contributed by atoms with Crippen LogP contribution in [0.25, 0.3) is 11.0 Å². The molecule has 1 atom stereocenters. The lowest BCUT2D eigenvalue weighted by atomic mass is 10.2. The van der Waals surface area contributed by atoms with Gasteiger partial charge in [-0.25, -0.2) is 9.37 Å². The van der Waals surface area contributed by atoms with Crippen molar-refractivity contribution in [1.29, 1.82) is 0 Å². The lowest BCUT2D eigenvalue weighted by Gasteiger charge is -2.17. The molecular formula is C24H20ClFN4O2. The van der Waals surface area contributed by atoms with Crippen molar-refractivity contribution in [2.45, 2.75) is 19.5 Å². The van der Waals surface area contributed by atoms with Crippen molar-refractivity contribution >= 4 is 40.1 Å². The fraction of sp³-hybridized carbons (Fsp3) is 0.125. The number of para-hydroxylation sites is 3. The summed E-state index contributed by atoms with van der Waals surface area (Å²) in [5.74, 6) is -0.783. The maximum atomic E-state index is 13.9. The topological polar surface area (TPSA) is 76.0 Å². The van der Waals surface area contributed by atoms with E-state index in [0.29, 0.717) is 21.9 Å². The minimum absolute atomic E-state index is 0.101. The molecule has 0 spiro atoms. The average molecular weight is 451 g/mol. The van der Waals surface area contributed by atoms with Gasteiger partial charge in [-0.1, -0.05) is 48.0 Å². The highest BCUT2D eigenvalue weighted by Gasteiger charge is 2.21. The molecule has 0 radical (unpaired) electrons. The van der Waals surface area contributed by atoms with Gasteiger partial charge in [-0.15, -0.1) is 0 Å². The van der Waals surface area contributed by atoms with E-state index in [1.54, 1.807) is 47.9 Å². The SMILES string of the molecule is CC(NC(=O)c1ccccc1Cl)c1nc2ccccc2n1CC(=O)Nc1ccccc1F. The number of carbonyl (C=O) groups excluding carboxylic acids is 2. The van der Waals surface area contributed by atoms with E-state index in [1.807, 2.05) is 24.3 Å². The van der Waals surface area contributed by atoms with Gasteiger partial charge in [0, 0.05) is 0 Å². The Labute approximate surface area is 189 Å². The van der Waals surface area contributed by atoms with E-state index in [-0.39, 0.29) is 18.1 Å². The number of halogens is 2. The van der Waals surface area contributed by atoms with Crippen LogP contribution in [0.1, 0.15) is 29.1 Å². The Hall–Kier alpha value is -3.71. The summed E-state index contributed by atoms with van der Waals surface area (Å²) in [5.41, 5.74) is 1.86. The Bertz CT molecular complexity index is 1300. The van der Waals surface area contributed by atoms with Gasteiger partial charge in [0.15, 0.2) is 0 Å². The number of carbonyl (C=O) groups is 2. The summed E-state index contributed by atoms with van der Waals surface area (Å²) in [5, 5.41) is 5.82. The van der Waals surface area contributed by atoms with Crippen LogP contribution in [0, 0.1) is 5.82 Å². The molecule has 162 valence electrons. The Morgan fingerprint density at radius 2 is 1.72 bits per heavy atom. The van der Waals surface area contributed by atoms with Crippen molar-refractivity contribution in [2.75, 3.05) is 5.32 Å². The first kappa shape index (κ1) is 21.5. The van der Waals surface area contributed by atoms with E-state index < -0.39 is 17.8 Å². The van der Waals surface area contributed by atoms with Crippen molar-refractivity contribution in [2.24, 2.45) is 0 Å². The van der Waals surface area contributed by atoms with E-state index in [4.69, 9.17) is 11.6 Å². The summed E-state index contributed by atoms with van der Waals surface area (Å²) >= 11 is 6.14. The van der Waals surface area contributed by atoms with E-state index in [0.717, 1.165) is 5.52 Å². The van der Waals surface area contributed by atoms with Gasteiger partial charge in [-0.2, -0.15) is 0 Å². The molecule has 4 rings (SSSR count). The molecule has 0 saturated carbocycles. The molecule has 32 heavy (non-hydrogen) atoms. The van der Waals surface area contributed by atoms with Gasteiger partial charge in [0.25, 0.3) is 5.91 Å². The second-order valence-corrected chi connectivity index (χ2v) is 7.66. The second-order valence-electron chi connectivity index (χ2n) is 7.25. The van der Waals surface area contributed by atoms with Crippen LogP contribution >= 0.6 is 11.6 Å². The molecule has 3 aromatic carbocycles. The number of imidazole rings is 1. The summed E-state index contributed by atoms with van der Waals surface area (Å²) in [6.45, 7) is 1.68. The summed E-state index contributed by atoms with van der Waals surface area (Å²) in [4.78, 5) is 30.1. The van der Waals surface area contributed by atoms with Gasteiger partial charge in [0.1, 0.15) is 18.2 Å².